The van der Waals surface area contributed by atoms with E-state index in [1.54, 1.807) is 43.5 Å². The number of pyridine rings is 1. The smallest absolute Gasteiger partial charge is 0.413 e. The topological polar surface area (TPSA) is 126 Å². The molecule has 0 saturated carbocycles. The number of methoxy groups -OCH3 is 1. The molecule has 1 aliphatic heterocycles. The van der Waals surface area contributed by atoms with E-state index in [4.69, 9.17) is 4.74 Å². The van der Waals surface area contributed by atoms with Crippen LogP contribution in [0, 0.1) is 5.92 Å². The second-order valence-corrected chi connectivity index (χ2v) is 8.98. The number of ether oxygens (including phenoxy) is 1. The van der Waals surface area contributed by atoms with Gasteiger partial charge in [-0.15, -0.1) is 0 Å². The SMILES string of the molecule is COc1ccc(CN(C(=O)O)c2cc(C[C@H]3C(=O)N[C@@H]3S(C)(=O)=O)ccn2)cc1. The van der Waals surface area contributed by atoms with Crippen molar-refractivity contribution in [2.75, 3.05) is 18.3 Å². The molecule has 29 heavy (non-hydrogen) atoms. The number of hydrogen-bond acceptors (Lipinski definition) is 6. The van der Waals surface area contributed by atoms with E-state index in [0.717, 1.165) is 16.7 Å². The summed E-state index contributed by atoms with van der Waals surface area (Å²) in [5.41, 5.74) is 1.38. The maximum absolute atomic E-state index is 11.8. The van der Waals surface area contributed by atoms with Gasteiger partial charge in [-0.1, -0.05) is 12.1 Å². The van der Waals surface area contributed by atoms with Crippen LogP contribution in [0.4, 0.5) is 10.6 Å². The van der Waals surface area contributed by atoms with Gasteiger partial charge in [0.25, 0.3) is 0 Å². The molecular weight excluding hydrogens is 398 g/mol. The highest BCUT2D eigenvalue weighted by Gasteiger charge is 2.45. The molecule has 2 atom stereocenters. The molecule has 0 spiro atoms. The highest BCUT2D eigenvalue weighted by atomic mass is 32.2. The van der Waals surface area contributed by atoms with Crippen LogP contribution in [0.1, 0.15) is 11.1 Å². The zero-order valence-corrected chi connectivity index (χ0v) is 16.7. The lowest BCUT2D eigenvalue weighted by atomic mass is 9.93. The molecule has 154 valence electrons. The van der Waals surface area contributed by atoms with Crippen molar-refractivity contribution >= 4 is 27.7 Å². The lowest BCUT2D eigenvalue weighted by Crippen LogP contribution is -2.62. The quantitative estimate of drug-likeness (QED) is 0.650. The van der Waals surface area contributed by atoms with E-state index in [2.05, 4.69) is 10.3 Å². The van der Waals surface area contributed by atoms with Crippen LogP contribution in [-0.4, -0.2) is 49.2 Å². The second kappa shape index (κ2) is 8.08. The first-order chi connectivity index (χ1) is 13.7. The molecule has 2 amide bonds. The summed E-state index contributed by atoms with van der Waals surface area (Å²) in [6.45, 7) is 0.0751. The van der Waals surface area contributed by atoms with E-state index in [1.807, 2.05) is 0 Å². The molecule has 1 fully saturated rings. The minimum atomic E-state index is -3.42. The minimum absolute atomic E-state index is 0.0751. The number of amides is 2. The largest absolute Gasteiger partial charge is 0.497 e. The van der Waals surface area contributed by atoms with E-state index in [-0.39, 0.29) is 24.7 Å². The average molecular weight is 419 g/mol. The van der Waals surface area contributed by atoms with Gasteiger partial charge in [-0.05, 0) is 41.8 Å². The first-order valence-electron chi connectivity index (χ1n) is 8.76. The van der Waals surface area contributed by atoms with E-state index < -0.39 is 27.2 Å². The number of carbonyl (C=O) groups is 2. The van der Waals surface area contributed by atoms with Gasteiger partial charge in [0.05, 0.1) is 19.6 Å². The fourth-order valence-electron chi connectivity index (χ4n) is 3.14. The molecule has 1 aromatic carbocycles. The Morgan fingerprint density at radius 1 is 1.24 bits per heavy atom. The third-order valence-corrected chi connectivity index (χ3v) is 6.09. The first kappa shape index (κ1) is 20.6. The number of nitrogens with one attached hydrogen (secondary N) is 1. The molecule has 0 bridgehead atoms. The summed E-state index contributed by atoms with van der Waals surface area (Å²) in [7, 11) is -1.87. The molecular formula is C19H21N3O6S. The summed E-state index contributed by atoms with van der Waals surface area (Å²) in [4.78, 5) is 28.8. The Morgan fingerprint density at radius 2 is 1.93 bits per heavy atom. The summed E-state index contributed by atoms with van der Waals surface area (Å²) in [6, 6.07) is 10.2. The van der Waals surface area contributed by atoms with Crippen molar-refractivity contribution in [3.63, 3.8) is 0 Å². The Bertz CT molecular complexity index is 1020. The monoisotopic (exact) mass is 419 g/mol. The number of benzene rings is 1. The Kier molecular flexibility index (Phi) is 5.73. The standard InChI is InChI=1S/C19H21N3O6S/c1-28-14-5-3-12(4-6-14)11-22(19(24)25)16-10-13(7-8-20-16)9-15-17(23)21-18(15)29(2,26)27/h3-8,10,15,18H,9,11H2,1-2H3,(H,21,23)(H,24,25)/t15-,18+/m0/s1. The van der Waals surface area contributed by atoms with Crippen LogP contribution in [0.2, 0.25) is 0 Å². The predicted molar refractivity (Wildman–Crippen MR) is 105 cm³/mol. The van der Waals surface area contributed by atoms with Crippen LogP contribution in [-0.2, 0) is 27.6 Å². The summed E-state index contributed by atoms with van der Waals surface area (Å²) in [5.74, 6) is -0.191. The normalized spacial score (nSPS) is 18.5. The van der Waals surface area contributed by atoms with Gasteiger partial charge in [0.15, 0.2) is 9.84 Å². The van der Waals surface area contributed by atoms with Gasteiger partial charge in [-0.25, -0.2) is 18.2 Å². The first-order valence-corrected chi connectivity index (χ1v) is 10.7. The van der Waals surface area contributed by atoms with Crippen molar-refractivity contribution in [2.45, 2.75) is 18.3 Å². The van der Waals surface area contributed by atoms with Crippen molar-refractivity contribution in [1.82, 2.24) is 10.3 Å². The number of nitrogens with zero attached hydrogens (tertiary/aromatic N) is 2. The highest BCUT2D eigenvalue weighted by molar-refractivity contribution is 7.91. The van der Waals surface area contributed by atoms with Crippen molar-refractivity contribution in [1.29, 1.82) is 0 Å². The van der Waals surface area contributed by atoms with Crippen molar-refractivity contribution < 1.29 is 27.9 Å². The summed E-state index contributed by atoms with van der Waals surface area (Å²) >= 11 is 0. The molecule has 2 N–H and O–H groups in total. The number of anilines is 1. The van der Waals surface area contributed by atoms with E-state index in [9.17, 15) is 23.1 Å². The summed E-state index contributed by atoms with van der Waals surface area (Å²) in [6.07, 6.45) is 1.51. The van der Waals surface area contributed by atoms with E-state index in [0.29, 0.717) is 11.3 Å². The van der Waals surface area contributed by atoms with Gasteiger partial charge in [-0.2, -0.15) is 0 Å². The molecule has 0 aliphatic carbocycles. The van der Waals surface area contributed by atoms with Gasteiger partial charge in [0.2, 0.25) is 5.91 Å². The van der Waals surface area contributed by atoms with Crippen LogP contribution < -0.4 is 15.0 Å². The van der Waals surface area contributed by atoms with Crippen molar-refractivity contribution in [3.8, 4) is 5.75 Å². The average Bonchev–Trinajstić information content (AvgIpc) is 2.68. The number of hydrogen-bond donors (Lipinski definition) is 2. The number of sulfone groups is 1. The Balaban J connectivity index is 1.80. The fourth-order valence-corrected chi connectivity index (χ4v) is 4.29. The zero-order valence-electron chi connectivity index (χ0n) is 15.9. The maximum Gasteiger partial charge on any atom is 0.413 e. The van der Waals surface area contributed by atoms with Gasteiger partial charge in [0.1, 0.15) is 16.9 Å². The number of rotatable bonds is 7. The van der Waals surface area contributed by atoms with E-state index in [1.165, 1.54) is 6.20 Å². The Hall–Kier alpha value is -3.14. The van der Waals surface area contributed by atoms with Gasteiger partial charge >= 0.3 is 6.09 Å². The van der Waals surface area contributed by atoms with Crippen LogP contribution in [0.3, 0.4) is 0 Å². The molecule has 1 aliphatic rings. The number of β-lactam (4-membered cyclic amide) rings is 1. The van der Waals surface area contributed by atoms with Crippen LogP contribution in [0.5, 0.6) is 5.75 Å². The number of aromatic nitrogens is 1. The summed E-state index contributed by atoms with van der Waals surface area (Å²) in [5, 5.41) is 11.1. The Morgan fingerprint density at radius 3 is 2.48 bits per heavy atom. The van der Waals surface area contributed by atoms with Crippen molar-refractivity contribution in [2.24, 2.45) is 5.92 Å². The van der Waals surface area contributed by atoms with Gasteiger partial charge in [-0.3, -0.25) is 9.69 Å². The lowest BCUT2D eigenvalue weighted by molar-refractivity contribution is -0.132. The fraction of sp³-hybridized carbons (Fsp3) is 0.316. The molecule has 9 nitrogen and oxygen atoms in total. The summed E-state index contributed by atoms with van der Waals surface area (Å²) < 4.78 is 28.6. The Labute approximate surface area is 168 Å². The highest BCUT2D eigenvalue weighted by Crippen LogP contribution is 2.26. The molecule has 3 rings (SSSR count). The van der Waals surface area contributed by atoms with E-state index >= 15 is 0 Å². The third kappa shape index (κ3) is 4.65. The van der Waals surface area contributed by atoms with Crippen LogP contribution in [0.15, 0.2) is 42.6 Å². The van der Waals surface area contributed by atoms with Crippen molar-refractivity contribution in [3.05, 3.63) is 53.7 Å². The number of carbonyl (C=O) groups excluding carboxylic acids is 1. The lowest BCUT2D eigenvalue weighted by Gasteiger charge is -2.35. The zero-order chi connectivity index (χ0) is 21.2. The third-order valence-electron chi connectivity index (χ3n) is 4.72. The molecule has 2 heterocycles. The minimum Gasteiger partial charge on any atom is -0.497 e. The molecule has 0 radical (unpaired) electrons. The molecule has 0 unspecified atom stereocenters. The maximum atomic E-state index is 11.8. The van der Waals surface area contributed by atoms with Crippen LogP contribution in [0.25, 0.3) is 0 Å². The van der Waals surface area contributed by atoms with Gasteiger partial charge in [0, 0.05) is 12.5 Å². The predicted octanol–water partition coefficient (Wildman–Crippen LogP) is 1.43. The number of carboxylic acid groups (broad SMARTS) is 1. The molecule has 10 heteroatoms. The molecule has 1 aromatic heterocycles. The molecule has 2 aromatic rings. The van der Waals surface area contributed by atoms with Crippen LogP contribution >= 0.6 is 0 Å². The molecule has 1 saturated heterocycles. The second-order valence-electron chi connectivity index (χ2n) is 6.81. The van der Waals surface area contributed by atoms with Gasteiger partial charge < -0.3 is 15.2 Å².